The quantitative estimate of drug-likeness (QED) is 0.578. The average Bonchev–Trinajstić information content (AvgIpc) is 2.37. The lowest BCUT2D eigenvalue weighted by atomic mass is 9.84. The minimum absolute atomic E-state index is 0.0675. The van der Waals surface area contributed by atoms with Crippen LogP contribution < -0.4 is 0 Å². The summed E-state index contributed by atoms with van der Waals surface area (Å²) in [6.07, 6.45) is 1.90. The van der Waals surface area contributed by atoms with Gasteiger partial charge in [-0.1, -0.05) is 13.3 Å². The molecule has 1 aliphatic rings. The lowest BCUT2D eigenvalue weighted by Gasteiger charge is -2.03. The lowest BCUT2D eigenvalue weighted by Crippen LogP contribution is -2.18. The third-order valence-electron chi connectivity index (χ3n) is 1.54. The minimum atomic E-state index is -0.0865. The molecule has 1 unspecified atom stereocenters. The van der Waals surface area contributed by atoms with Crippen molar-refractivity contribution >= 4 is 7.12 Å². The molecule has 0 aromatic carbocycles. The van der Waals surface area contributed by atoms with Crippen LogP contribution in [-0.2, 0) is 9.31 Å². The van der Waals surface area contributed by atoms with E-state index < -0.39 is 0 Å². The average molecular weight is 144 g/mol. The van der Waals surface area contributed by atoms with Crippen molar-refractivity contribution in [3.63, 3.8) is 0 Å². The molecule has 1 atom stereocenters. The van der Waals surface area contributed by atoms with E-state index in [9.17, 15) is 0 Å². The predicted octanol–water partition coefficient (Wildman–Crippen LogP) is 0.292. The molecule has 0 aromatic heterocycles. The monoisotopic (exact) mass is 144 g/mol. The van der Waals surface area contributed by atoms with Crippen LogP contribution in [0.25, 0.3) is 0 Å². The van der Waals surface area contributed by atoms with Crippen molar-refractivity contribution in [3.05, 3.63) is 0 Å². The first-order valence-electron chi connectivity index (χ1n) is 3.74. The van der Waals surface area contributed by atoms with E-state index in [1.807, 2.05) is 0 Å². The highest BCUT2D eigenvalue weighted by Crippen LogP contribution is 2.12. The van der Waals surface area contributed by atoms with E-state index in [1.165, 1.54) is 0 Å². The predicted molar refractivity (Wildman–Crippen MR) is 38.8 cm³/mol. The highest BCUT2D eigenvalue weighted by atomic mass is 16.6. The number of rotatable bonds is 3. The van der Waals surface area contributed by atoms with Gasteiger partial charge in [-0.25, -0.2) is 0 Å². The van der Waals surface area contributed by atoms with Crippen LogP contribution >= 0.6 is 0 Å². The molecule has 10 heavy (non-hydrogen) atoms. The first kappa shape index (κ1) is 8.05. The highest BCUT2D eigenvalue weighted by molar-refractivity contribution is 6.44. The fourth-order valence-electron chi connectivity index (χ4n) is 0.991. The Morgan fingerprint density at radius 2 is 2.50 bits per heavy atom. The van der Waals surface area contributed by atoms with Crippen molar-refractivity contribution < 1.29 is 14.4 Å². The molecule has 1 N–H and O–H groups in total. The Labute approximate surface area is 61.5 Å². The number of aliphatic hydroxyl groups excluding tert-OH is 1. The normalized spacial score (nSPS) is 25.8. The third kappa shape index (κ3) is 1.97. The molecule has 0 aliphatic carbocycles. The van der Waals surface area contributed by atoms with Crippen molar-refractivity contribution in [2.75, 3.05) is 13.2 Å². The Hall–Kier alpha value is -0.0551. The summed E-state index contributed by atoms with van der Waals surface area (Å²) in [4.78, 5) is 0. The molecule has 0 amide bonds. The van der Waals surface area contributed by atoms with Gasteiger partial charge in [0, 0.05) is 0 Å². The second kappa shape index (κ2) is 3.96. The van der Waals surface area contributed by atoms with Crippen LogP contribution in [0.15, 0.2) is 0 Å². The summed E-state index contributed by atoms with van der Waals surface area (Å²) in [7, 11) is -0.0675. The van der Waals surface area contributed by atoms with E-state index in [-0.39, 0.29) is 19.8 Å². The second-order valence-electron chi connectivity index (χ2n) is 2.49. The van der Waals surface area contributed by atoms with Crippen molar-refractivity contribution in [1.29, 1.82) is 0 Å². The highest BCUT2D eigenvalue weighted by Gasteiger charge is 2.29. The first-order valence-corrected chi connectivity index (χ1v) is 3.74. The minimum Gasteiger partial charge on any atom is -0.408 e. The van der Waals surface area contributed by atoms with Gasteiger partial charge >= 0.3 is 7.12 Å². The molecule has 0 bridgehead atoms. The van der Waals surface area contributed by atoms with Crippen LogP contribution in [0.4, 0.5) is 0 Å². The Balaban J connectivity index is 2.15. The van der Waals surface area contributed by atoms with E-state index >= 15 is 0 Å². The summed E-state index contributed by atoms with van der Waals surface area (Å²) in [5.41, 5.74) is 0. The molecular weight excluding hydrogens is 131 g/mol. The molecule has 0 saturated carbocycles. The molecule has 0 aromatic rings. The number of aliphatic hydroxyl groups is 1. The van der Waals surface area contributed by atoms with Gasteiger partial charge < -0.3 is 14.4 Å². The molecule has 4 heteroatoms. The van der Waals surface area contributed by atoms with Gasteiger partial charge in [0.15, 0.2) is 0 Å². The maximum Gasteiger partial charge on any atom is 0.457 e. The summed E-state index contributed by atoms with van der Waals surface area (Å²) in [6, 6.07) is 0. The van der Waals surface area contributed by atoms with Gasteiger partial charge in [-0.2, -0.15) is 0 Å². The molecule has 58 valence electrons. The molecular formula is C6H13BO3. The van der Waals surface area contributed by atoms with Crippen LogP contribution in [0.3, 0.4) is 0 Å². The van der Waals surface area contributed by atoms with E-state index in [4.69, 9.17) is 14.4 Å². The topological polar surface area (TPSA) is 38.7 Å². The van der Waals surface area contributed by atoms with Crippen LogP contribution in [-0.4, -0.2) is 31.5 Å². The number of hydrogen-bond donors (Lipinski definition) is 1. The molecule has 3 nitrogen and oxygen atoms in total. The SMILES string of the molecule is CCCB1OCC(CO)O1. The molecule has 1 rings (SSSR count). The Bertz CT molecular complexity index is 99.0. The van der Waals surface area contributed by atoms with E-state index in [1.54, 1.807) is 0 Å². The van der Waals surface area contributed by atoms with Gasteiger partial charge in [-0.3, -0.25) is 0 Å². The van der Waals surface area contributed by atoms with Gasteiger partial charge in [-0.15, -0.1) is 0 Å². The second-order valence-corrected chi connectivity index (χ2v) is 2.49. The summed E-state index contributed by atoms with van der Waals surface area (Å²) in [5, 5.41) is 8.65. The van der Waals surface area contributed by atoms with Crippen LogP contribution in [0.2, 0.25) is 6.32 Å². The molecule has 1 aliphatic heterocycles. The molecule has 1 fully saturated rings. The van der Waals surface area contributed by atoms with Gasteiger partial charge in [0.1, 0.15) is 0 Å². The van der Waals surface area contributed by atoms with Gasteiger partial charge in [0.2, 0.25) is 0 Å². The molecule has 0 radical (unpaired) electrons. The lowest BCUT2D eigenvalue weighted by molar-refractivity contribution is 0.133. The Kier molecular flexibility index (Phi) is 3.18. The standard InChI is InChI=1S/C6H13BO3/c1-2-3-7-9-5-6(4-8)10-7/h6,8H,2-5H2,1H3. The summed E-state index contributed by atoms with van der Waals surface area (Å²) >= 11 is 0. The largest absolute Gasteiger partial charge is 0.457 e. The van der Waals surface area contributed by atoms with Gasteiger partial charge in [-0.05, 0) is 6.32 Å². The van der Waals surface area contributed by atoms with Crippen molar-refractivity contribution in [2.45, 2.75) is 25.8 Å². The van der Waals surface area contributed by atoms with Gasteiger partial charge in [0.05, 0.1) is 19.3 Å². The maximum absolute atomic E-state index is 8.65. The van der Waals surface area contributed by atoms with E-state index in [0.717, 1.165) is 12.7 Å². The smallest absolute Gasteiger partial charge is 0.408 e. The zero-order valence-electron chi connectivity index (χ0n) is 6.25. The molecule has 0 spiro atoms. The Morgan fingerprint density at radius 1 is 1.70 bits per heavy atom. The Morgan fingerprint density at radius 3 is 3.00 bits per heavy atom. The van der Waals surface area contributed by atoms with Crippen molar-refractivity contribution in [3.8, 4) is 0 Å². The molecule has 1 saturated heterocycles. The van der Waals surface area contributed by atoms with Crippen LogP contribution in [0.5, 0.6) is 0 Å². The summed E-state index contributed by atoms with van der Waals surface area (Å²) in [5.74, 6) is 0. The van der Waals surface area contributed by atoms with E-state index in [2.05, 4.69) is 6.92 Å². The fourth-order valence-corrected chi connectivity index (χ4v) is 0.991. The summed E-state index contributed by atoms with van der Waals surface area (Å²) < 4.78 is 10.5. The van der Waals surface area contributed by atoms with Crippen LogP contribution in [0, 0.1) is 0 Å². The van der Waals surface area contributed by atoms with Crippen LogP contribution in [0.1, 0.15) is 13.3 Å². The van der Waals surface area contributed by atoms with Crippen molar-refractivity contribution in [1.82, 2.24) is 0 Å². The third-order valence-corrected chi connectivity index (χ3v) is 1.54. The fraction of sp³-hybridized carbons (Fsp3) is 1.00. The van der Waals surface area contributed by atoms with E-state index in [0.29, 0.717) is 6.61 Å². The maximum atomic E-state index is 8.65. The summed E-state index contributed by atoms with van der Waals surface area (Å²) in [6.45, 7) is 2.69. The zero-order chi connectivity index (χ0) is 7.40. The van der Waals surface area contributed by atoms with Crippen molar-refractivity contribution in [2.24, 2.45) is 0 Å². The zero-order valence-corrected chi connectivity index (χ0v) is 6.25. The first-order chi connectivity index (χ1) is 4.86. The van der Waals surface area contributed by atoms with Gasteiger partial charge in [0.25, 0.3) is 0 Å². The molecule has 1 heterocycles. The number of hydrogen-bond acceptors (Lipinski definition) is 3.